The SMILES string of the molecule is CCOc1ccccc1C=C(C#N)c1ccc(C#N)cc1. The molecule has 3 nitrogen and oxygen atoms in total. The van der Waals surface area contributed by atoms with E-state index in [9.17, 15) is 5.26 Å². The highest BCUT2D eigenvalue weighted by Crippen LogP contribution is 2.24. The molecule has 0 aliphatic rings. The molecule has 2 aromatic rings. The molecule has 0 unspecified atom stereocenters. The Morgan fingerprint density at radius 2 is 1.81 bits per heavy atom. The minimum atomic E-state index is 0.534. The zero-order valence-electron chi connectivity index (χ0n) is 11.7. The summed E-state index contributed by atoms with van der Waals surface area (Å²) in [4.78, 5) is 0. The van der Waals surface area contributed by atoms with E-state index in [4.69, 9.17) is 10.00 Å². The van der Waals surface area contributed by atoms with E-state index in [-0.39, 0.29) is 0 Å². The molecular formula is C18H14N2O. The first-order chi connectivity index (χ1) is 10.3. The number of allylic oxidation sites excluding steroid dienone is 1. The van der Waals surface area contributed by atoms with Gasteiger partial charge in [0.1, 0.15) is 5.75 Å². The molecule has 0 saturated heterocycles. The lowest BCUT2D eigenvalue weighted by Gasteiger charge is -2.07. The first kappa shape index (κ1) is 14.4. The van der Waals surface area contributed by atoms with Gasteiger partial charge in [-0.05, 0) is 36.8 Å². The molecule has 0 radical (unpaired) electrons. The van der Waals surface area contributed by atoms with Crippen LogP contribution in [0.5, 0.6) is 5.75 Å². The van der Waals surface area contributed by atoms with E-state index in [1.165, 1.54) is 0 Å². The molecule has 0 N–H and O–H groups in total. The Morgan fingerprint density at radius 1 is 1.10 bits per heavy atom. The van der Waals surface area contributed by atoms with Gasteiger partial charge in [0, 0.05) is 5.56 Å². The number of hydrogen-bond donors (Lipinski definition) is 0. The van der Waals surface area contributed by atoms with Gasteiger partial charge in [-0.15, -0.1) is 0 Å². The van der Waals surface area contributed by atoms with E-state index >= 15 is 0 Å². The Labute approximate surface area is 124 Å². The van der Waals surface area contributed by atoms with Crippen molar-refractivity contribution < 1.29 is 4.74 Å². The van der Waals surface area contributed by atoms with Crippen molar-refractivity contribution in [1.29, 1.82) is 10.5 Å². The summed E-state index contributed by atoms with van der Waals surface area (Å²) in [6.07, 6.45) is 1.80. The molecule has 21 heavy (non-hydrogen) atoms. The van der Waals surface area contributed by atoms with Gasteiger partial charge in [-0.3, -0.25) is 0 Å². The van der Waals surface area contributed by atoms with Gasteiger partial charge in [-0.25, -0.2) is 0 Å². The van der Waals surface area contributed by atoms with E-state index in [2.05, 4.69) is 12.1 Å². The third-order valence-corrected chi connectivity index (χ3v) is 2.96. The van der Waals surface area contributed by atoms with Crippen molar-refractivity contribution >= 4 is 11.6 Å². The van der Waals surface area contributed by atoms with Crippen LogP contribution in [0.3, 0.4) is 0 Å². The van der Waals surface area contributed by atoms with Gasteiger partial charge in [-0.2, -0.15) is 10.5 Å². The summed E-state index contributed by atoms with van der Waals surface area (Å²) in [5.74, 6) is 0.751. The summed E-state index contributed by atoms with van der Waals surface area (Å²) >= 11 is 0. The summed E-state index contributed by atoms with van der Waals surface area (Å²) in [5.41, 5.74) is 2.75. The normalized spacial score (nSPS) is 10.5. The van der Waals surface area contributed by atoms with E-state index in [1.807, 2.05) is 31.2 Å². The highest BCUT2D eigenvalue weighted by atomic mass is 16.5. The van der Waals surface area contributed by atoms with Crippen LogP contribution in [0.2, 0.25) is 0 Å². The lowest BCUT2D eigenvalue weighted by atomic mass is 10.0. The Hall–Kier alpha value is -3.04. The second-order valence-corrected chi connectivity index (χ2v) is 4.33. The van der Waals surface area contributed by atoms with Crippen molar-refractivity contribution in [3.8, 4) is 17.9 Å². The number of nitrogens with zero attached hydrogens (tertiary/aromatic N) is 2. The lowest BCUT2D eigenvalue weighted by molar-refractivity contribution is 0.339. The van der Waals surface area contributed by atoms with Crippen LogP contribution in [-0.4, -0.2) is 6.61 Å². The van der Waals surface area contributed by atoms with Crippen LogP contribution in [0.4, 0.5) is 0 Å². The molecule has 0 aliphatic heterocycles. The Morgan fingerprint density at radius 3 is 2.43 bits per heavy atom. The first-order valence-electron chi connectivity index (χ1n) is 6.62. The summed E-state index contributed by atoms with van der Waals surface area (Å²) in [6.45, 7) is 2.50. The molecule has 0 fully saturated rings. The average molecular weight is 274 g/mol. The van der Waals surface area contributed by atoms with E-state index in [0.717, 1.165) is 16.9 Å². The van der Waals surface area contributed by atoms with Crippen molar-refractivity contribution in [1.82, 2.24) is 0 Å². The van der Waals surface area contributed by atoms with E-state index in [0.29, 0.717) is 17.7 Å². The van der Waals surface area contributed by atoms with Crippen molar-refractivity contribution in [2.45, 2.75) is 6.92 Å². The first-order valence-corrected chi connectivity index (χ1v) is 6.62. The van der Waals surface area contributed by atoms with Gasteiger partial charge in [0.2, 0.25) is 0 Å². The molecule has 3 heteroatoms. The molecule has 0 aliphatic carbocycles. The maximum Gasteiger partial charge on any atom is 0.126 e. The van der Waals surface area contributed by atoms with Crippen molar-refractivity contribution in [2.75, 3.05) is 6.61 Å². The molecule has 2 rings (SSSR count). The molecule has 0 bridgehead atoms. The lowest BCUT2D eigenvalue weighted by Crippen LogP contribution is -1.93. The van der Waals surface area contributed by atoms with Crippen molar-refractivity contribution in [2.24, 2.45) is 0 Å². The molecule has 0 amide bonds. The molecule has 0 saturated carbocycles. The highest BCUT2D eigenvalue weighted by Gasteiger charge is 2.05. The summed E-state index contributed by atoms with van der Waals surface area (Å²) < 4.78 is 5.56. The minimum Gasteiger partial charge on any atom is -0.493 e. The topological polar surface area (TPSA) is 56.8 Å². The number of para-hydroxylation sites is 1. The zero-order valence-corrected chi connectivity index (χ0v) is 11.7. The van der Waals surface area contributed by atoms with Gasteiger partial charge >= 0.3 is 0 Å². The summed E-state index contributed by atoms with van der Waals surface area (Å²) in [7, 11) is 0. The van der Waals surface area contributed by atoms with Crippen LogP contribution in [-0.2, 0) is 0 Å². The maximum atomic E-state index is 9.36. The van der Waals surface area contributed by atoms with Crippen LogP contribution in [0.15, 0.2) is 48.5 Å². The van der Waals surface area contributed by atoms with Gasteiger partial charge in [0.25, 0.3) is 0 Å². The fourth-order valence-corrected chi connectivity index (χ4v) is 1.95. The maximum absolute atomic E-state index is 9.36. The molecule has 0 atom stereocenters. The van der Waals surface area contributed by atoms with Crippen molar-refractivity contribution in [3.05, 3.63) is 65.2 Å². The fraction of sp³-hybridized carbons (Fsp3) is 0.111. The van der Waals surface area contributed by atoms with Crippen LogP contribution >= 0.6 is 0 Å². The Balaban J connectivity index is 2.41. The molecule has 2 aromatic carbocycles. The van der Waals surface area contributed by atoms with Crippen LogP contribution in [0, 0.1) is 22.7 Å². The van der Waals surface area contributed by atoms with Crippen LogP contribution in [0.25, 0.3) is 11.6 Å². The van der Waals surface area contributed by atoms with Gasteiger partial charge in [0.15, 0.2) is 0 Å². The van der Waals surface area contributed by atoms with Crippen LogP contribution in [0.1, 0.15) is 23.6 Å². The van der Waals surface area contributed by atoms with Gasteiger partial charge in [-0.1, -0.05) is 30.3 Å². The van der Waals surface area contributed by atoms with Crippen LogP contribution < -0.4 is 4.74 Å². The van der Waals surface area contributed by atoms with E-state index < -0.39 is 0 Å². The number of hydrogen-bond acceptors (Lipinski definition) is 3. The average Bonchev–Trinajstić information content (AvgIpc) is 2.54. The summed E-state index contributed by atoms with van der Waals surface area (Å²) in [5, 5.41) is 18.2. The number of rotatable bonds is 4. The third-order valence-electron chi connectivity index (χ3n) is 2.96. The summed E-state index contributed by atoms with van der Waals surface area (Å²) in [6, 6.07) is 18.8. The molecule has 0 spiro atoms. The number of nitriles is 2. The molecule has 0 heterocycles. The highest BCUT2D eigenvalue weighted by molar-refractivity contribution is 5.90. The number of ether oxygens (including phenoxy) is 1. The van der Waals surface area contributed by atoms with E-state index in [1.54, 1.807) is 30.3 Å². The predicted molar refractivity (Wildman–Crippen MR) is 82.3 cm³/mol. The fourth-order valence-electron chi connectivity index (χ4n) is 1.95. The second kappa shape index (κ2) is 6.93. The third kappa shape index (κ3) is 3.49. The Kier molecular flexibility index (Phi) is 4.75. The molecule has 0 aromatic heterocycles. The zero-order chi connectivity index (χ0) is 15.1. The second-order valence-electron chi connectivity index (χ2n) is 4.33. The predicted octanol–water partition coefficient (Wildman–Crippen LogP) is 4.02. The number of benzene rings is 2. The Bertz CT molecular complexity index is 731. The minimum absolute atomic E-state index is 0.534. The van der Waals surface area contributed by atoms with Crippen molar-refractivity contribution in [3.63, 3.8) is 0 Å². The quantitative estimate of drug-likeness (QED) is 0.625. The molecule has 102 valence electrons. The van der Waals surface area contributed by atoms with Gasteiger partial charge < -0.3 is 4.74 Å². The van der Waals surface area contributed by atoms with Gasteiger partial charge in [0.05, 0.1) is 29.9 Å². The smallest absolute Gasteiger partial charge is 0.126 e. The molecular weight excluding hydrogens is 260 g/mol. The standard InChI is InChI=1S/C18H14N2O/c1-2-21-18-6-4-3-5-16(18)11-17(13-20)15-9-7-14(12-19)8-10-15/h3-11H,2H2,1H3. The monoisotopic (exact) mass is 274 g/mol. The largest absolute Gasteiger partial charge is 0.493 e.